The molecule has 126 valence electrons. The molecule has 3 rings (SSSR count). The SMILES string of the molecule is N#CC(C#N)=C1c2cc([N+](=O)[O-])sc2-c2c1cc([N+](=O)[O-])cc2[N+](=O)[O-]. The average molecular weight is 369 g/mol. The number of thiophene rings is 1. The van der Waals surface area contributed by atoms with E-state index in [1.807, 2.05) is 0 Å². The van der Waals surface area contributed by atoms with E-state index in [2.05, 4.69) is 0 Å². The summed E-state index contributed by atoms with van der Waals surface area (Å²) in [4.78, 5) is 31.3. The van der Waals surface area contributed by atoms with E-state index in [0.29, 0.717) is 11.3 Å². The van der Waals surface area contributed by atoms with Crippen LogP contribution in [0.5, 0.6) is 0 Å². The first kappa shape index (κ1) is 16.7. The summed E-state index contributed by atoms with van der Waals surface area (Å²) in [7, 11) is 0. The molecule has 0 saturated heterocycles. The van der Waals surface area contributed by atoms with Gasteiger partial charge in [0.1, 0.15) is 17.7 Å². The van der Waals surface area contributed by atoms with Gasteiger partial charge in [-0.3, -0.25) is 30.3 Å². The fourth-order valence-electron chi connectivity index (χ4n) is 2.69. The molecule has 0 saturated carbocycles. The molecule has 2 aromatic rings. The van der Waals surface area contributed by atoms with Crippen molar-refractivity contribution >= 4 is 33.3 Å². The maximum absolute atomic E-state index is 11.4. The smallest absolute Gasteiger partial charge is 0.258 e. The highest BCUT2D eigenvalue weighted by Gasteiger charge is 2.38. The van der Waals surface area contributed by atoms with Crippen molar-refractivity contribution in [2.24, 2.45) is 0 Å². The summed E-state index contributed by atoms with van der Waals surface area (Å²) < 4.78 is 0. The van der Waals surface area contributed by atoms with E-state index < -0.39 is 31.7 Å². The zero-order chi connectivity index (χ0) is 19.2. The number of nitrogens with zero attached hydrogens (tertiary/aromatic N) is 5. The molecule has 26 heavy (non-hydrogen) atoms. The standard InChI is InChI=1S/C14H3N5O6S/c15-4-6(5-16)12-8-1-7(17(20)21)2-10(18(22)23)13(8)14-9(12)3-11(26-14)19(24)25/h1-3H. The van der Waals surface area contributed by atoms with Gasteiger partial charge in [0.25, 0.3) is 11.4 Å². The Labute approximate surface area is 147 Å². The Hall–Kier alpha value is -4.16. The van der Waals surface area contributed by atoms with Gasteiger partial charge in [0, 0.05) is 28.8 Å². The first-order valence-corrected chi connectivity index (χ1v) is 7.42. The third kappa shape index (κ3) is 2.26. The van der Waals surface area contributed by atoms with Crippen LogP contribution in [0.25, 0.3) is 16.0 Å². The molecule has 1 aromatic heterocycles. The fourth-order valence-corrected chi connectivity index (χ4v) is 3.74. The number of rotatable bonds is 3. The van der Waals surface area contributed by atoms with Crippen molar-refractivity contribution in [1.82, 2.24) is 0 Å². The first-order chi connectivity index (χ1) is 12.3. The van der Waals surface area contributed by atoms with E-state index in [4.69, 9.17) is 0 Å². The lowest BCUT2D eigenvalue weighted by Gasteiger charge is -2.04. The number of non-ortho nitro benzene ring substituents is 1. The molecule has 12 heteroatoms. The minimum absolute atomic E-state index is 0.0415. The second-order valence-corrected chi connectivity index (χ2v) is 5.99. The summed E-state index contributed by atoms with van der Waals surface area (Å²) >= 11 is 0.634. The number of nitro groups is 3. The average Bonchev–Trinajstić information content (AvgIpc) is 3.13. The summed E-state index contributed by atoms with van der Waals surface area (Å²) in [5, 5.41) is 51.6. The molecule has 1 aromatic carbocycles. The van der Waals surface area contributed by atoms with E-state index in [1.54, 1.807) is 12.1 Å². The molecule has 0 atom stereocenters. The summed E-state index contributed by atoms with van der Waals surface area (Å²) in [6.07, 6.45) is 0. The second-order valence-electron chi connectivity index (χ2n) is 4.96. The van der Waals surface area contributed by atoms with Gasteiger partial charge in [-0.15, -0.1) is 0 Å². The van der Waals surface area contributed by atoms with Gasteiger partial charge in [-0.1, -0.05) is 11.3 Å². The quantitative estimate of drug-likeness (QED) is 0.383. The van der Waals surface area contributed by atoms with E-state index in [-0.39, 0.29) is 32.1 Å². The zero-order valence-corrected chi connectivity index (χ0v) is 13.1. The van der Waals surface area contributed by atoms with Crippen LogP contribution in [0.3, 0.4) is 0 Å². The molecular formula is C14H3N5O6S. The van der Waals surface area contributed by atoms with Crippen molar-refractivity contribution in [2.45, 2.75) is 0 Å². The van der Waals surface area contributed by atoms with Crippen LogP contribution in [0, 0.1) is 53.0 Å². The normalized spacial score (nSPS) is 11.1. The van der Waals surface area contributed by atoms with Crippen molar-refractivity contribution in [3.8, 4) is 22.6 Å². The van der Waals surface area contributed by atoms with Crippen molar-refractivity contribution in [3.63, 3.8) is 0 Å². The van der Waals surface area contributed by atoms with E-state index in [1.165, 1.54) is 0 Å². The van der Waals surface area contributed by atoms with Crippen LogP contribution in [-0.4, -0.2) is 14.8 Å². The predicted octanol–water partition coefficient (Wildman–Crippen LogP) is 3.30. The lowest BCUT2D eigenvalue weighted by Crippen LogP contribution is -1.97. The highest BCUT2D eigenvalue weighted by molar-refractivity contribution is 7.19. The minimum Gasteiger partial charge on any atom is -0.258 e. The van der Waals surface area contributed by atoms with Gasteiger partial charge in [-0.25, -0.2) is 0 Å². The maximum atomic E-state index is 11.4. The van der Waals surface area contributed by atoms with Gasteiger partial charge in [-0.05, 0) is 0 Å². The van der Waals surface area contributed by atoms with E-state index in [9.17, 15) is 40.9 Å². The molecule has 1 aliphatic carbocycles. The monoisotopic (exact) mass is 369 g/mol. The molecule has 0 spiro atoms. The van der Waals surface area contributed by atoms with Crippen molar-refractivity contribution in [1.29, 1.82) is 10.5 Å². The van der Waals surface area contributed by atoms with Gasteiger partial charge >= 0.3 is 5.00 Å². The van der Waals surface area contributed by atoms with Gasteiger partial charge < -0.3 is 0 Å². The lowest BCUT2D eigenvalue weighted by atomic mass is 9.98. The molecular weight excluding hydrogens is 366 g/mol. The van der Waals surface area contributed by atoms with E-state index in [0.717, 1.165) is 18.2 Å². The molecule has 0 bridgehead atoms. The number of hydrogen-bond donors (Lipinski definition) is 0. The fraction of sp³-hybridized carbons (Fsp3) is 0. The highest BCUT2D eigenvalue weighted by Crippen LogP contribution is 2.55. The van der Waals surface area contributed by atoms with E-state index >= 15 is 0 Å². The summed E-state index contributed by atoms with van der Waals surface area (Å²) in [6, 6.07) is 6.11. The minimum atomic E-state index is -0.845. The molecule has 0 radical (unpaired) electrons. The molecule has 11 nitrogen and oxygen atoms in total. The Morgan fingerprint density at radius 1 is 0.923 bits per heavy atom. The maximum Gasteiger partial charge on any atom is 0.325 e. The zero-order valence-electron chi connectivity index (χ0n) is 12.3. The number of nitriles is 2. The predicted molar refractivity (Wildman–Crippen MR) is 87.0 cm³/mol. The Kier molecular flexibility index (Phi) is 3.68. The molecule has 0 unspecified atom stereocenters. The van der Waals surface area contributed by atoms with Gasteiger partial charge in [0.15, 0.2) is 0 Å². The van der Waals surface area contributed by atoms with Crippen LogP contribution >= 0.6 is 11.3 Å². The van der Waals surface area contributed by atoms with Crippen LogP contribution in [0.15, 0.2) is 23.8 Å². The number of allylic oxidation sites excluding steroid dienone is 1. The van der Waals surface area contributed by atoms with Crippen LogP contribution in [0.1, 0.15) is 11.1 Å². The van der Waals surface area contributed by atoms with Crippen LogP contribution in [0.2, 0.25) is 0 Å². The number of fused-ring (bicyclic) bond motifs is 3. The first-order valence-electron chi connectivity index (χ1n) is 6.60. The van der Waals surface area contributed by atoms with Crippen molar-refractivity contribution in [2.75, 3.05) is 0 Å². The summed E-state index contributed by atoms with van der Waals surface area (Å²) in [5.74, 6) is 0. The number of hydrogen-bond acceptors (Lipinski definition) is 9. The number of nitro benzene ring substituents is 2. The number of benzene rings is 1. The molecule has 1 heterocycles. The largest absolute Gasteiger partial charge is 0.325 e. The topological polar surface area (TPSA) is 177 Å². The van der Waals surface area contributed by atoms with Crippen molar-refractivity contribution < 1.29 is 14.8 Å². The Morgan fingerprint density at radius 2 is 1.58 bits per heavy atom. The third-order valence-electron chi connectivity index (χ3n) is 3.65. The Bertz CT molecular complexity index is 1130. The molecule has 0 N–H and O–H groups in total. The lowest BCUT2D eigenvalue weighted by molar-refractivity contribution is -0.393. The summed E-state index contributed by atoms with van der Waals surface area (Å²) in [5.41, 5.74) is -1.78. The Morgan fingerprint density at radius 3 is 2.08 bits per heavy atom. The van der Waals surface area contributed by atoms with Gasteiger partial charge in [-0.2, -0.15) is 10.5 Å². The Balaban J connectivity index is 2.52. The highest BCUT2D eigenvalue weighted by atomic mass is 32.1. The molecule has 0 amide bonds. The van der Waals surface area contributed by atoms with Gasteiger partial charge in [0.2, 0.25) is 0 Å². The van der Waals surface area contributed by atoms with Crippen LogP contribution in [0.4, 0.5) is 16.4 Å². The molecule has 0 aliphatic heterocycles. The second kappa shape index (κ2) is 5.73. The van der Waals surface area contributed by atoms with Crippen LogP contribution in [-0.2, 0) is 0 Å². The van der Waals surface area contributed by atoms with Crippen LogP contribution < -0.4 is 0 Å². The van der Waals surface area contributed by atoms with Crippen molar-refractivity contribution in [3.05, 3.63) is 65.2 Å². The van der Waals surface area contributed by atoms with Gasteiger partial charge in [0.05, 0.1) is 31.3 Å². The molecule has 0 fully saturated rings. The third-order valence-corrected chi connectivity index (χ3v) is 4.75. The summed E-state index contributed by atoms with van der Waals surface area (Å²) in [6.45, 7) is 0. The molecule has 1 aliphatic rings.